The van der Waals surface area contributed by atoms with E-state index < -0.39 is 10.2 Å². The average Bonchev–Trinajstić information content (AvgIpc) is 2.37. The number of aromatic nitrogens is 1. The van der Waals surface area contributed by atoms with Crippen LogP contribution in [0.5, 0.6) is 0 Å². The van der Waals surface area contributed by atoms with Gasteiger partial charge in [-0.3, -0.25) is 4.79 Å². The molecule has 0 bridgehead atoms. The van der Waals surface area contributed by atoms with Crippen molar-refractivity contribution in [3.8, 4) is 0 Å². The molecule has 1 heterocycles. The summed E-state index contributed by atoms with van der Waals surface area (Å²) in [6.07, 6.45) is 0. The summed E-state index contributed by atoms with van der Waals surface area (Å²) >= 11 is 0. The first kappa shape index (κ1) is 16.7. The molecule has 0 saturated carbocycles. The Kier molecular flexibility index (Phi) is 4.69. The number of pyridine rings is 1. The van der Waals surface area contributed by atoms with E-state index in [4.69, 9.17) is 0 Å². The maximum Gasteiger partial charge on any atom is 0.277 e. The first-order valence-electron chi connectivity index (χ1n) is 7.08. The number of rotatable bonds is 5. The van der Waals surface area contributed by atoms with Crippen molar-refractivity contribution in [2.24, 2.45) is 0 Å². The highest BCUT2D eigenvalue weighted by Gasteiger charge is 2.12. The van der Waals surface area contributed by atoms with Crippen LogP contribution in [0, 0.1) is 13.8 Å². The number of fused-ring (bicyclic) bond motifs is 1. The lowest BCUT2D eigenvalue weighted by molar-refractivity contribution is 0.554. The summed E-state index contributed by atoms with van der Waals surface area (Å²) in [4.78, 5) is 14.9. The number of nitrogens with one attached hydrogen (secondary N) is 3. The lowest BCUT2D eigenvalue weighted by Gasteiger charge is -2.11. The predicted octanol–water partition coefficient (Wildman–Crippen LogP) is 1.48. The summed E-state index contributed by atoms with van der Waals surface area (Å²) in [5, 5.41) is 0.883. The minimum absolute atomic E-state index is 0.0553. The number of benzene rings is 1. The van der Waals surface area contributed by atoms with Crippen molar-refractivity contribution in [1.82, 2.24) is 14.4 Å². The smallest absolute Gasteiger partial charge is 0.277 e. The molecule has 0 aliphatic rings. The van der Waals surface area contributed by atoms with Gasteiger partial charge in [0.2, 0.25) is 0 Å². The van der Waals surface area contributed by atoms with E-state index in [0.717, 1.165) is 22.0 Å². The molecule has 0 fully saturated rings. The second kappa shape index (κ2) is 6.20. The van der Waals surface area contributed by atoms with Crippen molar-refractivity contribution >= 4 is 21.1 Å². The van der Waals surface area contributed by atoms with E-state index >= 15 is 0 Å². The fourth-order valence-corrected chi connectivity index (χ4v) is 3.23. The molecule has 120 valence electrons. The molecule has 1 aromatic heterocycles. The van der Waals surface area contributed by atoms with E-state index in [-0.39, 0.29) is 18.1 Å². The summed E-state index contributed by atoms with van der Waals surface area (Å²) in [5.74, 6) is 0. The zero-order valence-corrected chi connectivity index (χ0v) is 14.0. The lowest BCUT2D eigenvalue weighted by atomic mass is 10.1. The van der Waals surface area contributed by atoms with Crippen molar-refractivity contribution in [2.75, 3.05) is 0 Å². The largest absolute Gasteiger partial charge is 0.322 e. The molecule has 0 spiro atoms. The number of H-pyrrole nitrogens is 1. The minimum atomic E-state index is -3.62. The van der Waals surface area contributed by atoms with Crippen molar-refractivity contribution in [1.29, 1.82) is 0 Å². The van der Waals surface area contributed by atoms with Gasteiger partial charge in [-0.05, 0) is 62.4 Å². The van der Waals surface area contributed by atoms with Crippen LogP contribution in [0.3, 0.4) is 0 Å². The maximum atomic E-state index is 12.1. The van der Waals surface area contributed by atoms with Gasteiger partial charge in [0.15, 0.2) is 0 Å². The molecule has 7 heteroatoms. The Hall–Kier alpha value is -1.70. The van der Waals surface area contributed by atoms with E-state index in [2.05, 4.69) is 14.4 Å². The molecule has 0 amide bonds. The third-order valence-electron chi connectivity index (χ3n) is 3.38. The standard InChI is InChI=1S/C15H21N3O3S/c1-9(2)18-22(20,21)16-8-13-7-12-5-10(3)11(4)6-14(12)17-15(13)19/h5-7,9,16,18H,8H2,1-4H3,(H,17,19). The van der Waals surface area contributed by atoms with Gasteiger partial charge >= 0.3 is 0 Å². The molecule has 3 N–H and O–H groups in total. The summed E-state index contributed by atoms with van der Waals surface area (Å²) in [6, 6.07) is 5.40. The molecule has 0 unspecified atom stereocenters. The van der Waals surface area contributed by atoms with Gasteiger partial charge in [-0.25, -0.2) is 0 Å². The molecule has 6 nitrogen and oxygen atoms in total. The highest BCUT2D eigenvalue weighted by atomic mass is 32.2. The average molecular weight is 323 g/mol. The van der Waals surface area contributed by atoms with Crippen LogP contribution in [0.1, 0.15) is 30.5 Å². The highest BCUT2D eigenvalue weighted by molar-refractivity contribution is 7.87. The number of aryl methyl sites for hydroxylation is 2. The summed E-state index contributed by atoms with van der Waals surface area (Å²) in [7, 11) is -3.62. The first-order valence-corrected chi connectivity index (χ1v) is 8.56. The normalized spacial score (nSPS) is 12.2. The first-order chi connectivity index (χ1) is 10.2. The topological polar surface area (TPSA) is 91.1 Å². The van der Waals surface area contributed by atoms with E-state index in [1.54, 1.807) is 19.9 Å². The van der Waals surface area contributed by atoms with E-state index in [0.29, 0.717) is 5.56 Å². The van der Waals surface area contributed by atoms with Gasteiger partial charge in [-0.1, -0.05) is 0 Å². The van der Waals surface area contributed by atoms with Gasteiger partial charge in [0, 0.05) is 23.7 Å². The lowest BCUT2D eigenvalue weighted by Crippen LogP contribution is -2.40. The van der Waals surface area contributed by atoms with Gasteiger partial charge < -0.3 is 4.98 Å². The molecular weight excluding hydrogens is 302 g/mol. The van der Waals surface area contributed by atoms with E-state index in [1.807, 2.05) is 26.0 Å². The Morgan fingerprint density at radius 1 is 1.14 bits per heavy atom. The van der Waals surface area contributed by atoms with Crippen LogP contribution in [0.2, 0.25) is 0 Å². The summed E-state index contributed by atoms with van der Waals surface area (Å²) in [6.45, 7) is 7.38. The predicted molar refractivity (Wildman–Crippen MR) is 88.1 cm³/mol. The van der Waals surface area contributed by atoms with Crippen molar-refractivity contribution in [3.05, 3.63) is 45.2 Å². The monoisotopic (exact) mass is 323 g/mol. The van der Waals surface area contributed by atoms with Crippen molar-refractivity contribution < 1.29 is 8.42 Å². The third-order valence-corrected chi connectivity index (χ3v) is 4.69. The molecule has 1 aromatic carbocycles. The van der Waals surface area contributed by atoms with Gasteiger partial charge in [-0.15, -0.1) is 0 Å². The second-order valence-electron chi connectivity index (χ2n) is 5.74. The quantitative estimate of drug-likeness (QED) is 0.778. The minimum Gasteiger partial charge on any atom is -0.322 e. The Labute approximate surface area is 130 Å². The SMILES string of the molecule is Cc1cc2cc(CNS(=O)(=O)NC(C)C)c(=O)[nH]c2cc1C. The molecule has 0 radical (unpaired) electrons. The van der Waals surface area contributed by atoms with Crippen LogP contribution >= 0.6 is 0 Å². The Morgan fingerprint density at radius 2 is 1.77 bits per heavy atom. The second-order valence-corrected chi connectivity index (χ2v) is 7.28. The molecule has 2 aromatic rings. The van der Waals surface area contributed by atoms with Crippen LogP contribution in [-0.2, 0) is 16.8 Å². The van der Waals surface area contributed by atoms with Gasteiger partial charge in [-0.2, -0.15) is 17.9 Å². The molecule has 0 atom stereocenters. The number of hydrogen-bond donors (Lipinski definition) is 3. The van der Waals surface area contributed by atoms with Gasteiger partial charge in [0.05, 0.1) is 0 Å². The van der Waals surface area contributed by atoms with Crippen molar-refractivity contribution in [3.63, 3.8) is 0 Å². The zero-order valence-electron chi connectivity index (χ0n) is 13.1. The number of aromatic amines is 1. The molecule has 2 rings (SSSR count). The van der Waals surface area contributed by atoms with Crippen LogP contribution in [-0.4, -0.2) is 19.4 Å². The van der Waals surface area contributed by atoms with Crippen LogP contribution in [0.25, 0.3) is 10.9 Å². The highest BCUT2D eigenvalue weighted by Crippen LogP contribution is 2.17. The molecular formula is C15H21N3O3S. The Morgan fingerprint density at radius 3 is 2.41 bits per heavy atom. The fraction of sp³-hybridized carbons (Fsp3) is 0.400. The van der Waals surface area contributed by atoms with Crippen LogP contribution in [0.15, 0.2) is 23.0 Å². The van der Waals surface area contributed by atoms with Crippen molar-refractivity contribution in [2.45, 2.75) is 40.3 Å². The van der Waals surface area contributed by atoms with Crippen LogP contribution in [0.4, 0.5) is 0 Å². The van der Waals surface area contributed by atoms with Gasteiger partial charge in [0.25, 0.3) is 15.8 Å². The van der Waals surface area contributed by atoms with Gasteiger partial charge in [0.1, 0.15) is 0 Å². The van der Waals surface area contributed by atoms with E-state index in [9.17, 15) is 13.2 Å². The molecule has 22 heavy (non-hydrogen) atoms. The maximum absolute atomic E-state index is 12.1. The van der Waals surface area contributed by atoms with E-state index in [1.165, 1.54) is 0 Å². The van der Waals surface area contributed by atoms with Crippen LogP contribution < -0.4 is 15.0 Å². The number of hydrogen-bond acceptors (Lipinski definition) is 3. The molecule has 0 aliphatic heterocycles. The summed E-state index contributed by atoms with van der Waals surface area (Å²) in [5.41, 5.74) is 3.05. The Bertz CT molecular complexity index is 854. The third kappa shape index (κ3) is 3.94. The Balaban J connectivity index is 2.31. The summed E-state index contributed by atoms with van der Waals surface area (Å²) < 4.78 is 28.3. The fourth-order valence-electron chi connectivity index (χ4n) is 2.18. The molecule has 0 aliphatic carbocycles. The zero-order chi connectivity index (χ0) is 16.5. The molecule has 0 saturated heterocycles.